The van der Waals surface area contributed by atoms with Crippen LogP contribution in [0.4, 0.5) is 0 Å². The number of aliphatic hydroxyl groups excluding tert-OH is 1. The molecule has 0 aromatic rings. The molecule has 1 aliphatic rings. The standard InChI is InChI=1S/C8H11NO2/c1-6(2)3-4-11-8-5-7(10)9-8/h3,5H,4H2,1-2H3,(H,9,10). The lowest BCUT2D eigenvalue weighted by atomic mass is 10.3. The minimum absolute atomic E-state index is 0.0391. The van der Waals surface area contributed by atoms with E-state index in [0.29, 0.717) is 12.5 Å². The van der Waals surface area contributed by atoms with Crippen LogP contribution in [0.25, 0.3) is 0 Å². The summed E-state index contributed by atoms with van der Waals surface area (Å²) in [7, 11) is 0. The summed E-state index contributed by atoms with van der Waals surface area (Å²) in [6.45, 7) is 4.52. The largest absolute Gasteiger partial charge is 0.493 e. The molecule has 1 aliphatic heterocycles. The Hall–Kier alpha value is -1.25. The van der Waals surface area contributed by atoms with Gasteiger partial charge >= 0.3 is 0 Å². The Kier molecular flexibility index (Phi) is 2.31. The van der Waals surface area contributed by atoms with Crippen LogP contribution < -0.4 is 0 Å². The number of rotatable bonds is 3. The van der Waals surface area contributed by atoms with Gasteiger partial charge in [0.2, 0.25) is 11.8 Å². The van der Waals surface area contributed by atoms with Crippen molar-refractivity contribution in [2.45, 2.75) is 13.8 Å². The van der Waals surface area contributed by atoms with Crippen LogP contribution in [0, 0.1) is 0 Å². The molecule has 0 bridgehead atoms. The molecule has 60 valence electrons. The van der Waals surface area contributed by atoms with Crippen molar-refractivity contribution in [3.8, 4) is 0 Å². The number of ether oxygens (including phenoxy) is 1. The summed E-state index contributed by atoms with van der Waals surface area (Å²) in [5.74, 6) is 0.539. The fourth-order valence-corrected chi connectivity index (χ4v) is 0.589. The van der Waals surface area contributed by atoms with Crippen LogP contribution in [0.5, 0.6) is 0 Å². The lowest BCUT2D eigenvalue weighted by Crippen LogP contribution is -2.06. The SMILES string of the molecule is CC(C)=CCOC1=CC(O)=N1. The first kappa shape index (κ1) is 7.85. The van der Waals surface area contributed by atoms with Gasteiger partial charge in [-0.05, 0) is 19.9 Å². The van der Waals surface area contributed by atoms with Gasteiger partial charge < -0.3 is 9.84 Å². The van der Waals surface area contributed by atoms with Crippen molar-refractivity contribution in [2.24, 2.45) is 4.99 Å². The van der Waals surface area contributed by atoms with E-state index in [1.807, 2.05) is 19.9 Å². The summed E-state index contributed by atoms with van der Waals surface area (Å²) in [5, 5.41) is 8.61. The first-order chi connectivity index (χ1) is 5.18. The summed E-state index contributed by atoms with van der Waals surface area (Å²) < 4.78 is 5.10. The zero-order valence-electron chi connectivity index (χ0n) is 6.66. The van der Waals surface area contributed by atoms with Gasteiger partial charge in [0, 0.05) is 0 Å². The molecule has 1 heterocycles. The van der Waals surface area contributed by atoms with E-state index in [9.17, 15) is 0 Å². The second-order valence-corrected chi connectivity index (χ2v) is 2.55. The van der Waals surface area contributed by atoms with Crippen molar-refractivity contribution in [1.82, 2.24) is 0 Å². The van der Waals surface area contributed by atoms with Crippen molar-refractivity contribution in [3.63, 3.8) is 0 Å². The monoisotopic (exact) mass is 153 g/mol. The number of hydrogen-bond donors (Lipinski definition) is 1. The van der Waals surface area contributed by atoms with E-state index >= 15 is 0 Å². The van der Waals surface area contributed by atoms with Gasteiger partial charge in [-0.1, -0.05) is 5.57 Å². The molecule has 0 saturated heterocycles. The van der Waals surface area contributed by atoms with Gasteiger partial charge in [0.15, 0.2) is 0 Å². The van der Waals surface area contributed by atoms with Gasteiger partial charge in [0.05, 0.1) is 6.08 Å². The van der Waals surface area contributed by atoms with E-state index in [2.05, 4.69) is 4.99 Å². The fourth-order valence-electron chi connectivity index (χ4n) is 0.589. The predicted octanol–water partition coefficient (Wildman–Crippen LogP) is 1.78. The van der Waals surface area contributed by atoms with Gasteiger partial charge in [0.1, 0.15) is 6.61 Å². The summed E-state index contributed by atoms with van der Waals surface area (Å²) in [6, 6.07) is 0. The fraction of sp³-hybridized carbons (Fsp3) is 0.375. The first-order valence-corrected chi connectivity index (χ1v) is 3.44. The quantitative estimate of drug-likeness (QED) is 0.628. The molecule has 0 atom stereocenters. The van der Waals surface area contributed by atoms with Gasteiger partial charge in [-0.2, -0.15) is 4.99 Å². The maximum absolute atomic E-state index is 8.61. The first-order valence-electron chi connectivity index (χ1n) is 3.44. The summed E-state index contributed by atoms with van der Waals surface area (Å²) in [6.07, 6.45) is 3.44. The molecule has 0 aliphatic carbocycles. The Morgan fingerprint density at radius 1 is 1.73 bits per heavy atom. The van der Waals surface area contributed by atoms with Crippen LogP contribution in [-0.4, -0.2) is 17.6 Å². The topological polar surface area (TPSA) is 41.8 Å². The van der Waals surface area contributed by atoms with Crippen LogP contribution in [0.2, 0.25) is 0 Å². The molecule has 0 spiro atoms. The average molecular weight is 153 g/mol. The Labute approximate surface area is 65.7 Å². The van der Waals surface area contributed by atoms with Crippen LogP contribution >= 0.6 is 0 Å². The molecule has 0 amide bonds. The van der Waals surface area contributed by atoms with E-state index in [-0.39, 0.29) is 5.90 Å². The number of aliphatic hydroxyl groups is 1. The summed E-state index contributed by atoms with van der Waals surface area (Å²) >= 11 is 0. The van der Waals surface area contributed by atoms with E-state index in [4.69, 9.17) is 9.84 Å². The maximum Gasteiger partial charge on any atom is 0.222 e. The Morgan fingerprint density at radius 2 is 2.36 bits per heavy atom. The van der Waals surface area contributed by atoms with Crippen LogP contribution in [-0.2, 0) is 4.74 Å². The molecule has 1 rings (SSSR count). The molecule has 0 aromatic carbocycles. The Morgan fingerprint density at radius 3 is 2.82 bits per heavy atom. The van der Waals surface area contributed by atoms with Crippen molar-refractivity contribution in [2.75, 3.05) is 6.61 Å². The second kappa shape index (κ2) is 3.23. The predicted molar refractivity (Wildman–Crippen MR) is 43.5 cm³/mol. The summed E-state index contributed by atoms with van der Waals surface area (Å²) in [5.41, 5.74) is 1.21. The molecular weight excluding hydrogens is 142 g/mol. The zero-order valence-corrected chi connectivity index (χ0v) is 6.66. The molecule has 0 radical (unpaired) electrons. The van der Waals surface area contributed by atoms with Gasteiger partial charge in [-0.15, -0.1) is 0 Å². The van der Waals surface area contributed by atoms with Gasteiger partial charge in [-0.25, -0.2) is 0 Å². The highest BCUT2D eigenvalue weighted by molar-refractivity contribution is 5.91. The smallest absolute Gasteiger partial charge is 0.222 e. The van der Waals surface area contributed by atoms with Crippen LogP contribution in [0.1, 0.15) is 13.8 Å². The zero-order chi connectivity index (χ0) is 8.27. The van der Waals surface area contributed by atoms with Crippen molar-refractivity contribution in [3.05, 3.63) is 23.6 Å². The Bertz CT molecular complexity index is 234. The lowest BCUT2D eigenvalue weighted by molar-refractivity contribution is 0.238. The van der Waals surface area contributed by atoms with E-state index in [1.54, 1.807) is 0 Å². The number of allylic oxidation sites excluding steroid dienone is 1. The second-order valence-electron chi connectivity index (χ2n) is 2.55. The molecule has 1 N–H and O–H groups in total. The normalized spacial score (nSPS) is 14.4. The Balaban J connectivity index is 2.16. The molecule has 0 fully saturated rings. The average Bonchev–Trinajstić information content (AvgIpc) is 1.83. The van der Waals surface area contributed by atoms with Crippen LogP contribution in [0.15, 0.2) is 28.6 Å². The maximum atomic E-state index is 8.61. The van der Waals surface area contributed by atoms with Gasteiger partial charge in [0.25, 0.3) is 0 Å². The number of nitrogens with zero attached hydrogens (tertiary/aromatic N) is 1. The third-order valence-electron chi connectivity index (χ3n) is 1.20. The van der Waals surface area contributed by atoms with Crippen molar-refractivity contribution < 1.29 is 9.84 Å². The highest BCUT2D eigenvalue weighted by Gasteiger charge is 2.07. The molecular formula is C8H11NO2. The molecule has 0 unspecified atom stereocenters. The molecule has 0 aromatic heterocycles. The van der Waals surface area contributed by atoms with Crippen molar-refractivity contribution >= 4 is 5.90 Å². The van der Waals surface area contributed by atoms with Crippen LogP contribution in [0.3, 0.4) is 0 Å². The minimum atomic E-state index is 0.0391. The van der Waals surface area contributed by atoms with E-state index in [1.165, 1.54) is 11.6 Å². The van der Waals surface area contributed by atoms with Crippen molar-refractivity contribution in [1.29, 1.82) is 0 Å². The number of aliphatic imine (C=N–C) groups is 1. The highest BCUT2D eigenvalue weighted by atomic mass is 16.5. The lowest BCUT2D eigenvalue weighted by Gasteiger charge is -2.08. The molecule has 11 heavy (non-hydrogen) atoms. The van der Waals surface area contributed by atoms with E-state index in [0.717, 1.165) is 0 Å². The third-order valence-corrected chi connectivity index (χ3v) is 1.20. The number of hydrogen-bond acceptors (Lipinski definition) is 2. The van der Waals surface area contributed by atoms with E-state index < -0.39 is 0 Å². The third kappa shape index (κ3) is 2.45. The highest BCUT2D eigenvalue weighted by Crippen LogP contribution is 2.09. The van der Waals surface area contributed by atoms with Gasteiger partial charge in [-0.3, -0.25) is 0 Å². The molecule has 3 heteroatoms. The minimum Gasteiger partial charge on any atom is -0.493 e. The molecule has 3 nitrogen and oxygen atoms in total. The summed E-state index contributed by atoms with van der Waals surface area (Å²) in [4.78, 5) is 3.60. The molecule has 0 saturated carbocycles.